The molecule has 4 heterocycles. The number of aromatic amines is 1. The zero-order valence-corrected chi connectivity index (χ0v) is 29.8. The van der Waals surface area contributed by atoms with Crippen LogP contribution in [0.3, 0.4) is 0 Å². The summed E-state index contributed by atoms with van der Waals surface area (Å²) in [6, 6.07) is 1.71. The van der Waals surface area contributed by atoms with Crippen molar-refractivity contribution in [2.24, 2.45) is 0 Å². The molecular formula is C17H13N6Na3O9S4. The number of thiophene rings is 1. The number of aliphatic carboxylic acids is 2. The van der Waals surface area contributed by atoms with Gasteiger partial charge in [-0.05, 0) is 27.4 Å². The number of carbonyl (C=O) groups excluding carboxylic acids is 4. The van der Waals surface area contributed by atoms with Crippen LogP contribution in [0.5, 0.6) is 0 Å². The molecule has 2 aliphatic heterocycles. The molecular weight excluding hydrogens is 629 g/mol. The summed E-state index contributed by atoms with van der Waals surface area (Å²) in [4.78, 5) is 50.1. The Morgan fingerprint density at radius 1 is 1.26 bits per heavy atom. The first kappa shape index (κ1) is 37.0. The van der Waals surface area contributed by atoms with Gasteiger partial charge in [0, 0.05) is 15.9 Å². The number of nitrogens with one attached hydrogen (secondary N) is 2. The van der Waals surface area contributed by atoms with Crippen molar-refractivity contribution in [2.75, 3.05) is 11.5 Å². The molecule has 0 bridgehead atoms. The molecule has 0 saturated carbocycles. The standard InChI is InChI=1S/C17H16N6O9S4.3Na/c24-12(9(15(26)27)7-2-1-3-33-7)18-10-13(25)23-11(16(28)29)6(4-34-14(10)23)8(5-36(30,31)32)35-17-19-21-22-20-17;;;/h1-3,8-10,14H,4-5H2,(H,18,24)(H,26,27)(H,28,29)(H,30,31,32)(H,19,20,21,22);;;/q;3*+1/p-3/t8?,9?,10?,14-;;;/m0.../s1. The first-order valence-corrected chi connectivity index (χ1v) is 14.1. The van der Waals surface area contributed by atoms with Crippen LogP contribution in [0.2, 0.25) is 0 Å². The van der Waals surface area contributed by atoms with Crippen molar-refractivity contribution in [1.29, 1.82) is 0 Å². The van der Waals surface area contributed by atoms with Gasteiger partial charge in [-0.1, -0.05) is 17.8 Å². The molecule has 0 radical (unpaired) electrons. The third kappa shape index (κ3) is 8.53. The Kier molecular flexibility index (Phi) is 14.7. The fraction of sp³-hybridized carbons (Fsp3) is 0.353. The van der Waals surface area contributed by atoms with Crippen LogP contribution in [0, 0.1) is 0 Å². The first-order valence-electron chi connectivity index (χ1n) is 9.75. The van der Waals surface area contributed by atoms with Gasteiger partial charge in [-0.15, -0.1) is 28.2 Å². The van der Waals surface area contributed by atoms with Crippen LogP contribution in [-0.4, -0.2) is 90.4 Å². The Balaban J connectivity index is 0.00000253. The maximum atomic E-state index is 12.9. The molecule has 2 N–H and O–H groups in total. The van der Waals surface area contributed by atoms with E-state index in [0.717, 1.165) is 28.0 Å². The van der Waals surface area contributed by atoms with Gasteiger partial charge in [0.1, 0.15) is 17.3 Å². The fourth-order valence-corrected chi connectivity index (χ4v) is 8.12. The number of rotatable bonds is 10. The number of thioether (sulfide) groups is 2. The molecule has 1 fully saturated rings. The summed E-state index contributed by atoms with van der Waals surface area (Å²) in [5, 5.41) is 37.9. The molecule has 2 amide bonds. The summed E-state index contributed by atoms with van der Waals surface area (Å²) in [5.74, 6) is -8.21. The number of carboxylic acids is 2. The number of fused-ring (bicyclic) bond motifs is 1. The molecule has 2 aliphatic rings. The molecule has 3 unspecified atom stereocenters. The van der Waals surface area contributed by atoms with Crippen LogP contribution in [0.4, 0.5) is 0 Å². The number of H-pyrrole nitrogens is 1. The Morgan fingerprint density at radius 2 is 1.95 bits per heavy atom. The molecule has 4 atom stereocenters. The van der Waals surface area contributed by atoms with Gasteiger partial charge in [0.2, 0.25) is 11.1 Å². The van der Waals surface area contributed by atoms with E-state index in [-0.39, 0.29) is 110 Å². The molecule has 1 saturated heterocycles. The summed E-state index contributed by atoms with van der Waals surface area (Å²) >= 11 is 2.68. The van der Waals surface area contributed by atoms with Crippen LogP contribution in [-0.2, 0) is 29.3 Å². The minimum absolute atomic E-state index is 0. The summed E-state index contributed by atoms with van der Waals surface area (Å²) < 4.78 is 34.5. The number of aromatic nitrogens is 4. The smallest absolute Gasteiger partial charge is 0.748 e. The van der Waals surface area contributed by atoms with Crippen molar-refractivity contribution < 1.29 is 131 Å². The van der Waals surface area contributed by atoms with Crippen LogP contribution < -0.4 is 104 Å². The average molecular weight is 643 g/mol. The van der Waals surface area contributed by atoms with E-state index < -0.39 is 67.9 Å². The molecule has 2 aromatic rings. The maximum Gasteiger partial charge on any atom is 1.00 e. The van der Waals surface area contributed by atoms with Gasteiger partial charge in [-0.3, -0.25) is 14.5 Å². The predicted molar refractivity (Wildman–Crippen MR) is 118 cm³/mol. The molecule has 192 valence electrons. The summed E-state index contributed by atoms with van der Waals surface area (Å²) in [7, 11) is -4.85. The largest absolute Gasteiger partial charge is 1.00 e. The molecule has 0 aromatic carbocycles. The topological polar surface area (TPSA) is 241 Å². The quantitative estimate of drug-likeness (QED) is 0.0804. The summed E-state index contributed by atoms with van der Waals surface area (Å²) in [5.41, 5.74) is -0.723. The number of carboxylic acid groups (broad SMARTS) is 2. The Hall–Kier alpha value is 0.000000000000000444. The van der Waals surface area contributed by atoms with E-state index in [1.54, 1.807) is 11.4 Å². The van der Waals surface area contributed by atoms with Crippen LogP contribution >= 0.6 is 34.9 Å². The SMILES string of the molecule is O=C([O-])C1=C(C(CS(=O)(=O)[O-])Sc2nnn[nH]2)CS[C@H]2C(NC(=O)C(C(=O)[O-])c3cccs3)C(=O)N12.[Na+].[Na+].[Na+]. The zero-order chi connectivity index (χ0) is 26.2. The molecule has 22 heteroatoms. The number of carbonyl (C=O) groups is 4. The third-order valence-electron chi connectivity index (χ3n) is 5.14. The van der Waals surface area contributed by atoms with Crippen LogP contribution in [0.15, 0.2) is 33.9 Å². The van der Waals surface area contributed by atoms with Gasteiger partial charge < -0.3 is 29.7 Å². The molecule has 4 rings (SSSR count). The summed E-state index contributed by atoms with van der Waals surface area (Å²) in [6.45, 7) is 0. The van der Waals surface area contributed by atoms with Gasteiger partial charge in [-0.2, -0.15) is 0 Å². The number of hydrogen-bond acceptors (Lipinski definition) is 15. The molecule has 0 spiro atoms. The molecule has 15 nitrogen and oxygen atoms in total. The number of β-lactam (4-membered cyclic amide) rings is 1. The Morgan fingerprint density at radius 3 is 2.46 bits per heavy atom. The van der Waals surface area contributed by atoms with E-state index in [1.807, 2.05) is 0 Å². The Labute approximate surface area is 299 Å². The van der Waals surface area contributed by atoms with Crippen LogP contribution in [0.1, 0.15) is 10.8 Å². The van der Waals surface area contributed by atoms with E-state index >= 15 is 0 Å². The van der Waals surface area contributed by atoms with E-state index in [1.165, 1.54) is 6.07 Å². The number of amides is 2. The zero-order valence-electron chi connectivity index (χ0n) is 20.6. The van der Waals surface area contributed by atoms with Crippen molar-refractivity contribution in [1.82, 2.24) is 30.8 Å². The predicted octanol–water partition coefficient (Wildman–Crippen LogP) is -12.8. The van der Waals surface area contributed by atoms with Crippen molar-refractivity contribution in [3.63, 3.8) is 0 Å². The number of tetrazole rings is 1. The second-order valence-electron chi connectivity index (χ2n) is 7.36. The normalized spacial score (nSPS) is 19.7. The third-order valence-corrected chi connectivity index (χ3v) is 9.46. The second kappa shape index (κ2) is 15.5. The summed E-state index contributed by atoms with van der Waals surface area (Å²) in [6.07, 6.45) is 0. The monoisotopic (exact) mass is 642 g/mol. The molecule has 2 aromatic heterocycles. The Bertz CT molecular complexity index is 1340. The number of nitrogens with zero attached hydrogens (tertiary/aromatic N) is 4. The first-order chi connectivity index (χ1) is 17.0. The van der Waals surface area contributed by atoms with E-state index in [9.17, 15) is 42.4 Å². The van der Waals surface area contributed by atoms with E-state index in [0.29, 0.717) is 11.8 Å². The maximum absolute atomic E-state index is 12.9. The van der Waals surface area contributed by atoms with Gasteiger partial charge in [0.05, 0.1) is 33.5 Å². The van der Waals surface area contributed by atoms with Gasteiger partial charge in [0.15, 0.2) is 0 Å². The molecule has 39 heavy (non-hydrogen) atoms. The van der Waals surface area contributed by atoms with Gasteiger partial charge in [-0.25, -0.2) is 13.5 Å². The fourth-order valence-electron chi connectivity index (χ4n) is 3.65. The van der Waals surface area contributed by atoms with Gasteiger partial charge >= 0.3 is 88.7 Å². The van der Waals surface area contributed by atoms with Crippen molar-refractivity contribution >= 4 is 68.7 Å². The molecule has 0 aliphatic carbocycles. The van der Waals surface area contributed by atoms with Gasteiger partial charge in [0.25, 0.3) is 5.91 Å². The minimum atomic E-state index is -4.85. The second-order valence-corrected chi connectivity index (χ2v) is 12.1. The van der Waals surface area contributed by atoms with Crippen molar-refractivity contribution in [3.05, 3.63) is 33.7 Å². The van der Waals surface area contributed by atoms with Crippen molar-refractivity contribution in [2.45, 2.75) is 27.7 Å². The average Bonchev–Trinajstić information content (AvgIpc) is 3.49. The van der Waals surface area contributed by atoms with E-state index in [2.05, 4.69) is 25.9 Å². The van der Waals surface area contributed by atoms with Crippen LogP contribution in [0.25, 0.3) is 0 Å². The van der Waals surface area contributed by atoms with E-state index in [4.69, 9.17) is 0 Å². The minimum Gasteiger partial charge on any atom is -0.748 e. The number of hydrogen-bond donors (Lipinski definition) is 2. The van der Waals surface area contributed by atoms with Crippen molar-refractivity contribution in [3.8, 4) is 0 Å².